The van der Waals surface area contributed by atoms with Crippen molar-refractivity contribution in [1.29, 1.82) is 0 Å². The fourth-order valence-corrected chi connectivity index (χ4v) is 2.78. The third-order valence-electron chi connectivity index (χ3n) is 3.97. The number of benzene rings is 1. The van der Waals surface area contributed by atoms with Gasteiger partial charge >= 0.3 is 0 Å². The van der Waals surface area contributed by atoms with E-state index in [1.165, 1.54) is 5.56 Å². The van der Waals surface area contributed by atoms with Crippen molar-refractivity contribution in [3.05, 3.63) is 35.9 Å². The van der Waals surface area contributed by atoms with Gasteiger partial charge in [-0.25, -0.2) is 0 Å². The molecule has 18 heavy (non-hydrogen) atoms. The minimum absolute atomic E-state index is 0.279. The number of hydrogen-bond donors (Lipinski definition) is 1. The molecular weight excluding hydrogens is 224 g/mol. The molecule has 1 aromatic carbocycles. The summed E-state index contributed by atoms with van der Waals surface area (Å²) in [6.45, 7) is 5.72. The average molecular weight is 248 g/mol. The van der Waals surface area contributed by atoms with Crippen molar-refractivity contribution in [2.75, 3.05) is 26.7 Å². The molecule has 0 amide bonds. The molecule has 0 saturated carbocycles. The van der Waals surface area contributed by atoms with Crippen molar-refractivity contribution >= 4 is 0 Å². The molecule has 3 nitrogen and oxygen atoms in total. The molecular formula is C15H24N2O. The van der Waals surface area contributed by atoms with E-state index in [1.807, 2.05) is 0 Å². The Kier molecular flexibility index (Phi) is 4.75. The molecule has 0 spiro atoms. The monoisotopic (exact) mass is 248 g/mol. The van der Waals surface area contributed by atoms with Crippen LogP contribution in [0.3, 0.4) is 0 Å². The van der Waals surface area contributed by atoms with Gasteiger partial charge < -0.3 is 5.11 Å². The van der Waals surface area contributed by atoms with Crippen LogP contribution in [-0.4, -0.2) is 53.7 Å². The maximum Gasteiger partial charge on any atom is 0.0446 e. The van der Waals surface area contributed by atoms with Crippen LogP contribution in [0.15, 0.2) is 30.3 Å². The normalized spacial score (nSPS) is 26.4. The summed E-state index contributed by atoms with van der Waals surface area (Å²) in [6, 6.07) is 11.7. The minimum Gasteiger partial charge on any atom is -0.396 e. The van der Waals surface area contributed by atoms with E-state index in [0.29, 0.717) is 12.1 Å². The van der Waals surface area contributed by atoms with E-state index >= 15 is 0 Å². The Balaban J connectivity index is 1.97. The lowest BCUT2D eigenvalue weighted by Crippen LogP contribution is -2.55. The molecule has 1 aromatic rings. The summed E-state index contributed by atoms with van der Waals surface area (Å²) in [5, 5.41) is 9.15. The van der Waals surface area contributed by atoms with E-state index in [-0.39, 0.29) is 6.61 Å². The molecule has 3 heteroatoms. The number of likely N-dealkylation sites (N-methyl/N-ethyl adjacent to an activating group) is 1. The van der Waals surface area contributed by atoms with Gasteiger partial charge in [0, 0.05) is 38.3 Å². The lowest BCUT2D eigenvalue weighted by atomic mass is 10.0. The first-order valence-electron chi connectivity index (χ1n) is 6.79. The second-order valence-corrected chi connectivity index (χ2v) is 5.36. The maximum absolute atomic E-state index is 9.15. The Morgan fingerprint density at radius 1 is 1.22 bits per heavy atom. The van der Waals surface area contributed by atoms with Gasteiger partial charge in [-0.3, -0.25) is 9.80 Å². The first kappa shape index (κ1) is 13.5. The Morgan fingerprint density at radius 3 is 2.61 bits per heavy atom. The summed E-state index contributed by atoms with van der Waals surface area (Å²) < 4.78 is 0. The van der Waals surface area contributed by atoms with Gasteiger partial charge in [0.05, 0.1) is 0 Å². The Hall–Kier alpha value is -0.900. The summed E-state index contributed by atoms with van der Waals surface area (Å²) in [7, 11) is 2.17. The number of rotatable bonds is 4. The van der Waals surface area contributed by atoms with E-state index in [9.17, 15) is 0 Å². The summed E-state index contributed by atoms with van der Waals surface area (Å²) >= 11 is 0. The quantitative estimate of drug-likeness (QED) is 0.876. The number of aliphatic hydroxyl groups excluding tert-OH is 1. The first-order valence-corrected chi connectivity index (χ1v) is 6.79. The van der Waals surface area contributed by atoms with Crippen molar-refractivity contribution in [2.24, 2.45) is 0 Å². The molecule has 2 atom stereocenters. The summed E-state index contributed by atoms with van der Waals surface area (Å²) in [5.74, 6) is 0. The van der Waals surface area contributed by atoms with Gasteiger partial charge in [-0.15, -0.1) is 0 Å². The Morgan fingerprint density at radius 2 is 1.94 bits per heavy atom. The van der Waals surface area contributed by atoms with Gasteiger partial charge in [-0.2, -0.15) is 0 Å². The second-order valence-electron chi connectivity index (χ2n) is 5.36. The smallest absolute Gasteiger partial charge is 0.0446 e. The van der Waals surface area contributed by atoms with Gasteiger partial charge in [0.1, 0.15) is 0 Å². The third kappa shape index (κ3) is 3.31. The fourth-order valence-electron chi connectivity index (χ4n) is 2.78. The number of hydrogen-bond acceptors (Lipinski definition) is 3. The molecule has 0 bridgehead atoms. The topological polar surface area (TPSA) is 26.7 Å². The van der Waals surface area contributed by atoms with Gasteiger partial charge in [0.25, 0.3) is 0 Å². The maximum atomic E-state index is 9.15. The molecule has 1 aliphatic rings. The molecule has 1 N–H and O–H groups in total. The van der Waals surface area contributed by atoms with Gasteiger partial charge in [0.15, 0.2) is 0 Å². The number of piperazine rings is 1. The highest BCUT2D eigenvalue weighted by molar-refractivity contribution is 5.14. The Bertz CT molecular complexity index is 355. The van der Waals surface area contributed by atoms with Crippen molar-refractivity contribution in [1.82, 2.24) is 9.80 Å². The zero-order valence-corrected chi connectivity index (χ0v) is 11.4. The van der Waals surface area contributed by atoms with Crippen LogP contribution in [-0.2, 0) is 6.54 Å². The van der Waals surface area contributed by atoms with Crippen LogP contribution in [0.2, 0.25) is 0 Å². The zero-order chi connectivity index (χ0) is 13.0. The van der Waals surface area contributed by atoms with E-state index in [2.05, 4.69) is 54.1 Å². The van der Waals surface area contributed by atoms with Crippen LogP contribution < -0.4 is 0 Å². The molecule has 1 fully saturated rings. The van der Waals surface area contributed by atoms with Gasteiger partial charge in [-0.05, 0) is 26.0 Å². The molecule has 2 unspecified atom stereocenters. The summed E-state index contributed by atoms with van der Waals surface area (Å²) in [6.07, 6.45) is 0.867. The summed E-state index contributed by atoms with van der Waals surface area (Å²) in [4.78, 5) is 4.90. The van der Waals surface area contributed by atoms with Crippen LogP contribution >= 0.6 is 0 Å². The number of nitrogens with zero attached hydrogens (tertiary/aromatic N) is 2. The van der Waals surface area contributed by atoms with Crippen molar-refractivity contribution in [3.8, 4) is 0 Å². The third-order valence-corrected chi connectivity index (χ3v) is 3.97. The highest BCUT2D eigenvalue weighted by Gasteiger charge is 2.28. The standard InChI is InChI=1S/C15H24N2O/c1-13-10-17(11-14-6-4-3-5-7-14)12-15(8-9-18)16(13)2/h3-7,13,15,18H,8-12H2,1-2H3. The average Bonchev–Trinajstić information content (AvgIpc) is 2.37. The lowest BCUT2D eigenvalue weighted by molar-refractivity contribution is 0.0352. The predicted octanol–water partition coefficient (Wildman–Crippen LogP) is 1.57. The lowest BCUT2D eigenvalue weighted by Gasteiger charge is -2.43. The van der Waals surface area contributed by atoms with Crippen molar-refractivity contribution in [3.63, 3.8) is 0 Å². The highest BCUT2D eigenvalue weighted by Crippen LogP contribution is 2.18. The largest absolute Gasteiger partial charge is 0.396 e. The molecule has 2 rings (SSSR count). The van der Waals surface area contributed by atoms with E-state index < -0.39 is 0 Å². The molecule has 1 aliphatic heterocycles. The van der Waals surface area contributed by atoms with Crippen LogP contribution in [0.25, 0.3) is 0 Å². The minimum atomic E-state index is 0.279. The van der Waals surface area contributed by atoms with E-state index in [0.717, 1.165) is 26.1 Å². The van der Waals surface area contributed by atoms with Gasteiger partial charge in [0.2, 0.25) is 0 Å². The fraction of sp³-hybridized carbons (Fsp3) is 0.600. The van der Waals surface area contributed by atoms with Crippen molar-refractivity contribution in [2.45, 2.75) is 32.0 Å². The highest BCUT2D eigenvalue weighted by atomic mass is 16.3. The summed E-state index contributed by atoms with van der Waals surface area (Å²) in [5.41, 5.74) is 1.37. The second kappa shape index (κ2) is 6.32. The molecule has 0 aliphatic carbocycles. The molecule has 100 valence electrons. The van der Waals surface area contributed by atoms with Gasteiger partial charge in [-0.1, -0.05) is 30.3 Å². The first-order chi connectivity index (χ1) is 8.70. The van der Waals surface area contributed by atoms with Crippen LogP contribution in [0.5, 0.6) is 0 Å². The Labute approximate surface area is 110 Å². The molecule has 1 saturated heterocycles. The predicted molar refractivity (Wildman–Crippen MR) is 74.4 cm³/mol. The zero-order valence-electron chi connectivity index (χ0n) is 11.4. The van der Waals surface area contributed by atoms with Crippen LogP contribution in [0.1, 0.15) is 18.9 Å². The van der Waals surface area contributed by atoms with Crippen molar-refractivity contribution < 1.29 is 5.11 Å². The van der Waals surface area contributed by atoms with Crippen LogP contribution in [0.4, 0.5) is 0 Å². The molecule has 0 radical (unpaired) electrons. The molecule has 1 heterocycles. The van der Waals surface area contributed by atoms with Crippen LogP contribution in [0, 0.1) is 0 Å². The van der Waals surface area contributed by atoms with E-state index in [1.54, 1.807) is 0 Å². The molecule has 0 aromatic heterocycles. The number of aliphatic hydroxyl groups is 1. The van der Waals surface area contributed by atoms with E-state index in [4.69, 9.17) is 5.11 Å². The SMILES string of the molecule is CC1CN(Cc2ccccc2)CC(CCO)N1C.